The van der Waals surface area contributed by atoms with Crippen molar-refractivity contribution in [3.63, 3.8) is 0 Å². The van der Waals surface area contributed by atoms with E-state index < -0.39 is 11.7 Å². The third-order valence-corrected chi connectivity index (χ3v) is 5.24. The lowest BCUT2D eigenvalue weighted by Gasteiger charge is -2.16. The Hall–Kier alpha value is -3.40. The number of ether oxygens (including phenoxy) is 1. The molecule has 2 aromatic heterocycles. The van der Waals surface area contributed by atoms with Gasteiger partial charge in [-0.15, -0.1) is 11.3 Å². The summed E-state index contributed by atoms with van der Waals surface area (Å²) in [6, 6.07) is 10.4. The van der Waals surface area contributed by atoms with Crippen molar-refractivity contribution in [2.24, 2.45) is 0 Å². The summed E-state index contributed by atoms with van der Waals surface area (Å²) in [7, 11) is 1.56. The molecule has 144 valence electrons. The second-order valence-electron chi connectivity index (χ2n) is 6.10. The van der Waals surface area contributed by atoms with Crippen LogP contribution in [-0.4, -0.2) is 33.4 Å². The number of benzene rings is 1. The van der Waals surface area contributed by atoms with Crippen LogP contribution in [0.5, 0.6) is 5.75 Å². The van der Waals surface area contributed by atoms with Gasteiger partial charge in [-0.2, -0.15) is 9.67 Å². The van der Waals surface area contributed by atoms with E-state index in [2.05, 4.69) is 10.3 Å². The van der Waals surface area contributed by atoms with Crippen molar-refractivity contribution >= 4 is 29.0 Å². The van der Waals surface area contributed by atoms with Gasteiger partial charge in [-0.1, -0.05) is 6.07 Å². The van der Waals surface area contributed by atoms with E-state index in [0.717, 1.165) is 14.2 Å². The molecular weight excluding hydrogens is 382 g/mol. The van der Waals surface area contributed by atoms with Crippen LogP contribution in [0.25, 0.3) is 0 Å². The van der Waals surface area contributed by atoms with E-state index in [1.807, 2.05) is 17.5 Å². The van der Waals surface area contributed by atoms with Gasteiger partial charge in [0.15, 0.2) is 5.82 Å². The van der Waals surface area contributed by atoms with E-state index in [1.54, 1.807) is 31.4 Å². The Balaban J connectivity index is 1.51. The lowest BCUT2D eigenvalue weighted by Crippen LogP contribution is -2.38. The molecule has 1 aliphatic rings. The van der Waals surface area contributed by atoms with Crippen LogP contribution in [0.4, 0.5) is 10.5 Å². The summed E-state index contributed by atoms with van der Waals surface area (Å²) >= 11 is 1.53. The summed E-state index contributed by atoms with van der Waals surface area (Å²) in [5, 5.41) is 4.66. The Morgan fingerprint density at radius 3 is 2.71 bits per heavy atom. The van der Waals surface area contributed by atoms with Gasteiger partial charge in [0.05, 0.1) is 20.2 Å². The van der Waals surface area contributed by atoms with Crippen LogP contribution < -0.4 is 20.6 Å². The van der Waals surface area contributed by atoms with Gasteiger partial charge < -0.3 is 10.1 Å². The number of nitrogens with zero attached hydrogens (tertiary/aromatic N) is 4. The topological polar surface area (TPSA) is 98.5 Å². The van der Waals surface area contributed by atoms with Crippen molar-refractivity contribution < 1.29 is 14.3 Å². The molecule has 0 atom stereocenters. The summed E-state index contributed by atoms with van der Waals surface area (Å²) in [5.74, 6) is 0.609. The quantitative estimate of drug-likeness (QED) is 0.676. The fourth-order valence-corrected chi connectivity index (χ4v) is 3.62. The van der Waals surface area contributed by atoms with Crippen molar-refractivity contribution in [2.45, 2.75) is 19.6 Å². The van der Waals surface area contributed by atoms with E-state index in [0.29, 0.717) is 23.8 Å². The smallest absolute Gasteiger partial charge is 0.365 e. The lowest BCUT2D eigenvalue weighted by atomic mass is 10.3. The van der Waals surface area contributed by atoms with Gasteiger partial charge in [-0.3, -0.25) is 9.69 Å². The van der Waals surface area contributed by atoms with Crippen molar-refractivity contribution in [2.75, 3.05) is 12.0 Å². The zero-order valence-corrected chi connectivity index (χ0v) is 15.8. The fraction of sp³-hybridized carbons (Fsp3) is 0.222. The van der Waals surface area contributed by atoms with Gasteiger partial charge >= 0.3 is 11.7 Å². The molecule has 1 aromatic carbocycles. The number of amides is 2. The zero-order valence-electron chi connectivity index (χ0n) is 15.0. The van der Waals surface area contributed by atoms with Crippen molar-refractivity contribution in [1.82, 2.24) is 19.7 Å². The number of methoxy groups -OCH3 is 1. The summed E-state index contributed by atoms with van der Waals surface area (Å²) < 4.78 is 7.35. The van der Waals surface area contributed by atoms with Crippen LogP contribution in [0.2, 0.25) is 0 Å². The van der Waals surface area contributed by atoms with E-state index in [-0.39, 0.29) is 19.0 Å². The van der Waals surface area contributed by atoms with Crippen molar-refractivity contribution in [3.8, 4) is 5.75 Å². The van der Waals surface area contributed by atoms with Crippen LogP contribution in [-0.2, 0) is 24.4 Å². The minimum atomic E-state index is -0.621. The summed E-state index contributed by atoms with van der Waals surface area (Å²) in [5.41, 5.74) is 0.0291. The molecule has 28 heavy (non-hydrogen) atoms. The molecule has 0 fully saturated rings. The highest BCUT2D eigenvalue weighted by Gasteiger charge is 2.33. The van der Waals surface area contributed by atoms with Crippen LogP contribution in [0.15, 0.2) is 46.6 Å². The number of carbonyl (C=O) groups is 2. The highest BCUT2D eigenvalue weighted by atomic mass is 32.1. The fourth-order valence-electron chi connectivity index (χ4n) is 2.97. The second-order valence-corrected chi connectivity index (χ2v) is 7.14. The predicted molar refractivity (Wildman–Crippen MR) is 103 cm³/mol. The maximum absolute atomic E-state index is 12.8. The van der Waals surface area contributed by atoms with Crippen LogP contribution in [0.3, 0.4) is 0 Å². The Morgan fingerprint density at radius 1 is 1.25 bits per heavy atom. The van der Waals surface area contributed by atoms with Gasteiger partial charge in [0, 0.05) is 10.6 Å². The number of hydrogen-bond acceptors (Lipinski definition) is 6. The first-order chi connectivity index (χ1) is 13.6. The number of aromatic nitrogens is 3. The summed E-state index contributed by atoms with van der Waals surface area (Å²) in [6.45, 7) is 0.252. The molecule has 0 saturated carbocycles. The molecule has 0 unspecified atom stereocenters. The lowest BCUT2D eigenvalue weighted by molar-refractivity contribution is -0.122. The standard InChI is InChI=1S/C18H17N5O4S/c1-27-13-6-4-12(5-7-13)21-10-15-20-17(25)22(23(15)18(21)26)11-16(24)19-9-14-3-2-8-28-14/h2-8H,9-11H2,1H3,(H,19,24). The predicted octanol–water partition coefficient (Wildman–Crippen LogP) is 1.42. The maximum atomic E-state index is 12.8. The molecule has 0 bridgehead atoms. The Labute approximate surface area is 163 Å². The van der Waals surface area contributed by atoms with E-state index in [4.69, 9.17) is 4.74 Å². The van der Waals surface area contributed by atoms with E-state index in [9.17, 15) is 14.4 Å². The highest BCUT2D eigenvalue weighted by molar-refractivity contribution is 7.09. The first-order valence-corrected chi connectivity index (χ1v) is 9.38. The minimum absolute atomic E-state index is 0.157. The van der Waals surface area contributed by atoms with Gasteiger partial charge in [0.25, 0.3) is 0 Å². The molecule has 0 aliphatic carbocycles. The number of rotatable bonds is 6. The molecule has 3 aromatic rings. The molecule has 9 nitrogen and oxygen atoms in total. The summed E-state index contributed by atoms with van der Waals surface area (Å²) in [6.07, 6.45) is 0. The average Bonchev–Trinajstić information content (AvgIpc) is 3.39. The normalized spacial score (nSPS) is 12.9. The third-order valence-electron chi connectivity index (χ3n) is 4.36. The van der Waals surface area contributed by atoms with Crippen LogP contribution in [0.1, 0.15) is 10.7 Å². The first-order valence-electron chi connectivity index (χ1n) is 8.50. The van der Waals surface area contributed by atoms with Gasteiger partial charge in [0.1, 0.15) is 12.3 Å². The highest BCUT2D eigenvalue weighted by Crippen LogP contribution is 2.25. The largest absolute Gasteiger partial charge is 0.497 e. The molecule has 4 rings (SSSR count). The van der Waals surface area contributed by atoms with Crippen molar-refractivity contribution in [1.29, 1.82) is 0 Å². The number of anilines is 1. The number of carbonyl (C=O) groups excluding carboxylic acids is 2. The van der Waals surface area contributed by atoms with Crippen LogP contribution in [0, 0.1) is 0 Å². The second kappa shape index (κ2) is 7.31. The molecule has 3 heterocycles. The molecule has 0 spiro atoms. The van der Waals surface area contributed by atoms with E-state index >= 15 is 0 Å². The first kappa shape index (κ1) is 18.0. The SMILES string of the molecule is COc1ccc(N2Cc3nc(=O)n(CC(=O)NCc4cccs4)n3C2=O)cc1. The van der Waals surface area contributed by atoms with Gasteiger partial charge in [-0.25, -0.2) is 14.3 Å². The Kier molecular flexibility index (Phi) is 4.70. The molecule has 1 N–H and O–H groups in total. The van der Waals surface area contributed by atoms with Gasteiger partial charge in [-0.05, 0) is 35.7 Å². The molecule has 0 radical (unpaired) electrons. The number of nitrogens with one attached hydrogen (secondary N) is 1. The monoisotopic (exact) mass is 399 g/mol. The number of hydrogen-bond donors (Lipinski definition) is 1. The Bertz CT molecular complexity index is 1070. The Morgan fingerprint density at radius 2 is 2.04 bits per heavy atom. The van der Waals surface area contributed by atoms with Crippen LogP contribution >= 0.6 is 11.3 Å². The minimum Gasteiger partial charge on any atom is -0.497 e. The van der Waals surface area contributed by atoms with Crippen molar-refractivity contribution in [3.05, 3.63) is 63.0 Å². The molecule has 10 heteroatoms. The molecular formula is C18H17N5O4S. The molecule has 1 aliphatic heterocycles. The third kappa shape index (κ3) is 3.29. The number of thiophene rings is 1. The van der Waals surface area contributed by atoms with E-state index in [1.165, 1.54) is 16.2 Å². The maximum Gasteiger partial charge on any atom is 0.365 e. The number of fused-ring (bicyclic) bond motifs is 1. The summed E-state index contributed by atoms with van der Waals surface area (Å²) in [4.78, 5) is 43.6. The van der Waals surface area contributed by atoms with Gasteiger partial charge in [0.2, 0.25) is 5.91 Å². The average molecular weight is 399 g/mol. The molecule has 2 amide bonds. The zero-order chi connectivity index (χ0) is 19.7. The molecule has 0 saturated heterocycles.